The van der Waals surface area contributed by atoms with Crippen molar-refractivity contribution < 1.29 is 4.79 Å². The van der Waals surface area contributed by atoms with E-state index in [0.717, 1.165) is 19.5 Å². The van der Waals surface area contributed by atoms with Gasteiger partial charge in [-0.1, -0.05) is 25.1 Å². The van der Waals surface area contributed by atoms with Gasteiger partial charge in [0, 0.05) is 32.4 Å². The number of carbonyl (C=O) groups excluding carboxylic acids is 1. The molecule has 0 radical (unpaired) electrons. The van der Waals surface area contributed by atoms with Gasteiger partial charge in [0.1, 0.15) is 6.04 Å². The Labute approximate surface area is 115 Å². The molecule has 1 N–H and O–H groups in total. The number of anilines is 1. The van der Waals surface area contributed by atoms with Gasteiger partial charge in [-0.15, -0.1) is 0 Å². The van der Waals surface area contributed by atoms with Crippen molar-refractivity contribution in [3.8, 4) is 0 Å². The molecular weight excluding hydrogens is 238 g/mol. The summed E-state index contributed by atoms with van der Waals surface area (Å²) in [7, 11) is 3.78. The standard InChI is InChI=1S/C15H23N3O/c1-4-12-7-5-6-8-13(12)18-10-9-17(3)15(19)14(18)11-16-2/h5-8,14,16H,4,9-11H2,1-3H3. The summed E-state index contributed by atoms with van der Waals surface area (Å²) in [6.45, 7) is 4.52. The number of para-hydroxylation sites is 1. The summed E-state index contributed by atoms with van der Waals surface area (Å²) in [5.41, 5.74) is 2.51. The lowest BCUT2D eigenvalue weighted by atomic mass is 10.0. The summed E-state index contributed by atoms with van der Waals surface area (Å²) in [5, 5.41) is 3.14. The molecule has 1 aliphatic heterocycles. The number of likely N-dealkylation sites (N-methyl/N-ethyl adjacent to an activating group) is 2. The molecule has 0 aliphatic carbocycles. The Bertz CT molecular complexity index is 447. The van der Waals surface area contributed by atoms with Crippen LogP contribution in [0.15, 0.2) is 24.3 Å². The molecule has 1 aromatic carbocycles. The lowest BCUT2D eigenvalue weighted by molar-refractivity contribution is -0.132. The van der Waals surface area contributed by atoms with E-state index in [9.17, 15) is 4.79 Å². The van der Waals surface area contributed by atoms with Crippen LogP contribution in [0.25, 0.3) is 0 Å². The minimum atomic E-state index is -0.101. The molecular formula is C15H23N3O. The Morgan fingerprint density at radius 2 is 2.05 bits per heavy atom. The molecule has 1 fully saturated rings. The average Bonchev–Trinajstić information content (AvgIpc) is 2.44. The van der Waals surface area contributed by atoms with Gasteiger partial charge in [0.2, 0.25) is 5.91 Å². The van der Waals surface area contributed by atoms with E-state index in [1.54, 1.807) is 0 Å². The number of rotatable bonds is 4. The van der Waals surface area contributed by atoms with Crippen molar-refractivity contribution in [2.24, 2.45) is 0 Å². The minimum absolute atomic E-state index is 0.101. The summed E-state index contributed by atoms with van der Waals surface area (Å²) in [5.74, 6) is 0.200. The summed E-state index contributed by atoms with van der Waals surface area (Å²) in [4.78, 5) is 16.4. The zero-order chi connectivity index (χ0) is 13.8. The maximum atomic E-state index is 12.3. The number of nitrogens with zero attached hydrogens (tertiary/aromatic N) is 2. The van der Waals surface area contributed by atoms with Crippen LogP contribution < -0.4 is 10.2 Å². The third kappa shape index (κ3) is 2.73. The summed E-state index contributed by atoms with van der Waals surface area (Å²) >= 11 is 0. The molecule has 0 spiro atoms. The van der Waals surface area contributed by atoms with Crippen LogP contribution in [0, 0.1) is 0 Å². The first kappa shape index (κ1) is 13.9. The molecule has 0 saturated carbocycles. The van der Waals surface area contributed by atoms with Crippen LogP contribution in [0.1, 0.15) is 12.5 Å². The molecule has 4 nitrogen and oxygen atoms in total. The van der Waals surface area contributed by atoms with Crippen LogP contribution >= 0.6 is 0 Å². The van der Waals surface area contributed by atoms with Crippen molar-refractivity contribution in [3.63, 3.8) is 0 Å². The summed E-state index contributed by atoms with van der Waals surface area (Å²) in [6.07, 6.45) is 0.989. The van der Waals surface area contributed by atoms with Gasteiger partial charge in [-0.05, 0) is 25.1 Å². The Balaban J connectivity index is 2.33. The Kier molecular flexibility index (Phi) is 4.43. The van der Waals surface area contributed by atoms with Crippen LogP contribution in [-0.4, -0.2) is 50.6 Å². The Morgan fingerprint density at radius 3 is 2.74 bits per heavy atom. The van der Waals surface area contributed by atoms with Gasteiger partial charge in [-0.25, -0.2) is 0 Å². The fourth-order valence-corrected chi connectivity index (χ4v) is 2.68. The second-order valence-electron chi connectivity index (χ2n) is 5.01. The maximum Gasteiger partial charge on any atom is 0.246 e. The van der Waals surface area contributed by atoms with E-state index < -0.39 is 0 Å². The van der Waals surface area contributed by atoms with Crippen LogP contribution in [0.2, 0.25) is 0 Å². The molecule has 1 unspecified atom stereocenters. The fourth-order valence-electron chi connectivity index (χ4n) is 2.68. The van der Waals surface area contributed by atoms with Crippen LogP contribution in [-0.2, 0) is 11.2 Å². The van der Waals surface area contributed by atoms with Crippen molar-refractivity contribution in [2.45, 2.75) is 19.4 Å². The highest BCUT2D eigenvalue weighted by molar-refractivity contribution is 5.87. The number of hydrogen-bond donors (Lipinski definition) is 1. The molecule has 1 atom stereocenters. The molecule has 4 heteroatoms. The Morgan fingerprint density at radius 1 is 1.32 bits per heavy atom. The van der Waals surface area contributed by atoms with Crippen molar-refractivity contribution in [2.75, 3.05) is 38.6 Å². The molecule has 1 heterocycles. The monoisotopic (exact) mass is 261 g/mol. The van der Waals surface area contributed by atoms with Crippen molar-refractivity contribution >= 4 is 11.6 Å². The van der Waals surface area contributed by atoms with E-state index in [-0.39, 0.29) is 11.9 Å². The number of aryl methyl sites for hydroxylation is 1. The zero-order valence-electron chi connectivity index (χ0n) is 12.0. The molecule has 19 heavy (non-hydrogen) atoms. The lowest BCUT2D eigenvalue weighted by Gasteiger charge is -2.41. The topological polar surface area (TPSA) is 35.6 Å². The average molecular weight is 261 g/mol. The quantitative estimate of drug-likeness (QED) is 0.882. The first-order valence-electron chi connectivity index (χ1n) is 6.93. The number of hydrogen-bond acceptors (Lipinski definition) is 3. The number of amides is 1. The lowest BCUT2D eigenvalue weighted by Crippen LogP contribution is -2.59. The Hall–Kier alpha value is -1.55. The number of piperazine rings is 1. The molecule has 104 valence electrons. The summed E-state index contributed by atoms with van der Waals surface area (Å²) < 4.78 is 0. The van der Waals surface area contributed by atoms with Crippen LogP contribution in [0.5, 0.6) is 0 Å². The second kappa shape index (κ2) is 6.06. The molecule has 1 saturated heterocycles. The number of nitrogens with one attached hydrogen (secondary N) is 1. The third-order valence-electron chi connectivity index (χ3n) is 3.79. The molecule has 1 amide bonds. The highest BCUT2D eigenvalue weighted by Crippen LogP contribution is 2.25. The fraction of sp³-hybridized carbons (Fsp3) is 0.533. The van der Waals surface area contributed by atoms with E-state index >= 15 is 0 Å². The van der Waals surface area contributed by atoms with E-state index in [1.807, 2.05) is 25.1 Å². The van der Waals surface area contributed by atoms with Gasteiger partial charge in [0.15, 0.2) is 0 Å². The van der Waals surface area contributed by atoms with E-state index in [2.05, 4.69) is 35.3 Å². The predicted octanol–water partition coefficient (Wildman–Crippen LogP) is 1.12. The second-order valence-corrected chi connectivity index (χ2v) is 5.01. The molecule has 1 aromatic rings. The molecule has 2 rings (SSSR count). The third-order valence-corrected chi connectivity index (χ3v) is 3.79. The van der Waals surface area contributed by atoms with Gasteiger partial charge in [-0.2, -0.15) is 0 Å². The predicted molar refractivity (Wildman–Crippen MR) is 78.5 cm³/mol. The van der Waals surface area contributed by atoms with Gasteiger partial charge < -0.3 is 15.1 Å². The van der Waals surface area contributed by atoms with E-state index in [4.69, 9.17) is 0 Å². The number of benzene rings is 1. The summed E-state index contributed by atoms with van der Waals surface area (Å²) in [6, 6.07) is 8.28. The minimum Gasteiger partial charge on any atom is -0.356 e. The van der Waals surface area contributed by atoms with Crippen LogP contribution in [0.3, 0.4) is 0 Å². The SMILES string of the molecule is CCc1ccccc1N1CCN(C)C(=O)C1CNC. The highest BCUT2D eigenvalue weighted by Gasteiger charge is 2.33. The van der Waals surface area contributed by atoms with Gasteiger partial charge in [0.05, 0.1) is 0 Å². The van der Waals surface area contributed by atoms with Crippen LogP contribution in [0.4, 0.5) is 5.69 Å². The first-order valence-corrected chi connectivity index (χ1v) is 6.93. The maximum absolute atomic E-state index is 12.3. The highest BCUT2D eigenvalue weighted by atomic mass is 16.2. The first-order chi connectivity index (χ1) is 9.19. The van der Waals surface area contributed by atoms with Crippen molar-refractivity contribution in [3.05, 3.63) is 29.8 Å². The van der Waals surface area contributed by atoms with E-state index in [0.29, 0.717) is 6.54 Å². The molecule has 0 aromatic heterocycles. The van der Waals surface area contributed by atoms with Crippen molar-refractivity contribution in [1.82, 2.24) is 10.2 Å². The van der Waals surface area contributed by atoms with Crippen molar-refractivity contribution in [1.29, 1.82) is 0 Å². The van der Waals surface area contributed by atoms with Gasteiger partial charge in [0.25, 0.3) is 0 Å². The molecule has 1 aliphatic rings. The van der Waals surface area contributed by atoms with Gasteiger partial charge >= 0.3 is 0 Å². The zero-order valence-corrected chi connectivity index (χ0v) is 12.0. The largest absolute Gasteiger partial charge is 0.356 e. The number of carbonyl (C=O) groups is 1. The van der Waals surface area contributed by atoms with E-state index in [1.165, 1.54) is 11.3 Å². The molecule has 0 bridgehead atoms. The van der Waals surface area contributed by atoms with Gasteiger partial charge in [-0.3, -0.25) is 4.79 Å². The smallest absolute Gasteiger partial charge is 0.246 e. The normalized spacial score (nSPS) is 19.9.